The number of nitriles is 1. The molecule has 0 bridgehead atoms. The summed E-state index contributed by atoms with van der Waals surface area (Å²) in [6.07, 6.45) is -1.82. The summed E-state index contributed by atoms with van der Waals surface area (Å²) >= 11 is 0. The molecule has 0 aliphatic heterocycles. The van der Waals surface area contributed by atoms with Crippen LogP contribution in [0.25, 0.3) is 0 Å². The van der Waals surface area contributed by atoms with Crippen molar-refractivity contribution in [1.29, 1.82) is 5.26 Å². The van der Waals surface area contributed by atoms with Gasteiger partial charge in [0.2, 0.25) is 0 Å². The summed E-state index contributed by atoms with van der Waals surface area (Å²) in [5, 5.41) is 9.27. The molecule has 0 radical (unpaired) electrons. The van der Waals surface area contributed by atoms with Gasteiger partial charge in [0.25, 0.3) is 0 Å². The second-order valence-electron chi connectivity index (χ2n) is 10.9. The van der Waals surface area contributed by atoms with Crippen molar-refractivity contribution < 1.29 is 39.3 Å². The minimum atomic E-state index is -6.10. The molecule has 2 unspecified atom stereocenters. The molecule has 42 heavy (non-hydrogen) atoms. The fourth-order valence-corrected chi connectivity index (χ4v) is 6.15. The molecule has 0 saturated carbocycles. The van der Waals surface area contributed by atoms with Crippen molar-refractivity contribution in [3.8, 4) is 6.07 Å². The summed E-state index contributed by atoms with van der Waals surface area (Å²) in [5.74, 6) is -1.48. The van der Waals surface area contributed by atoms with Crippen LogP contribution in [0.4, 0.5) is 17.6 Å². The SMILES string of the molecule is CC(C)(C)[SiH2]OC(c1ccccc1)(c1ccccc1)C(COCCC(C#N)c1ccccc1F)OS(=O)(=O)C(F)(F)F. The Morgan fingerprint density at radius 2 is 1.40 bits per heavy atom. The molecule has 0 fully saturated rings. The molecule has 12 heteroatoms. The summed E-state index contributed by atoms with van der Waals surface area (Å²) in [4.78, 5) is 0. The zero-order chi connectivity index (χ0) is 31.0. The van der Waals surface area contributed by atoms with Gasteiger partial charge in [0, 0.05) is 12.2 Å². The monoisotopic (exact) mass is 623 g/mol. The van der Waals surface area contributed by atoms with E-state index in [9.17, 15) is 31.2 Å². The van der Waals surface area contributed by atoms with E-state index in [1.807, 2.05) is 26.8 Å². The highest BCUT2D eigenvalue weighted by molar-refractivity contribution is 7.87. The minimum absolute atomic E-state index is 0.00253. The van der Waals surface area contributed by atoms with E-state index < -0.39 is 55.4 Å². The van der Waals surface area contributed by atoms with Crippen molar-refractivity contribution in [2.24, 2.45) is 0 Å². The lowest BCUT2D eigenvalue weighted by molar-refractivity contribution is -0.0874. The Morgan fingerprint density at radius 3 is 1.88 bits per heavy atom. The van der Waals surface area contributed by atoms with E-state index in [0.29, 0.717) is 11.1 Å². The van der Waals surface area contributed by atoms with Crippen LogP contribution in [0.5, 0.6) is 0 Å². The van der Waals surface area contributed by atoms with E-state index in [1.54, 1.807) is 66.7 Å². The zero-order valence-electron chi connectivity index (χ0n) is 23.5. The van der Waals surface area contributed by atoms with E-state index in [-0.39, 0.29) is 23.6 Å². The van der Waals surface area contributed by atoms with Crippen molar-refractivity contribution >= 4 is 19.9 Å². The van der Waals surface area contributed by atoms with Crippen molar-refractivity contribution in [1.82, 2.24) is 0 Å². The third kappa shape index (κ3) is 8.26. The summed E-state index contributed by atoms with van der Waals surface area (Å²) in [7, 11) is -7.66. The summed E-state index contributed by atoms with van der Waals surface area (Å²) in [5.41, 5.74) is -6.61. The number of benzene rings is 3. The molecular formula is C30H33F4NO5SSi. The van der Waals surface area contributed by atoms with E-state index in [1.165, 1.54) is 18.2 Å². The number of halogens is 4. The van der Waals surface area contributed by atoms with Gasteiger partial charge in [0.1, 0.15) is 17.5 Å². The van der Waals surface area contributed by atoms with Gasteiger partial charge in [-0.3, -0.25) is 4.18 Å². The topological polar surface area (TPSA) is 85.6 Å². The predicted octanol–water partition coefficient (Wildman–Crippen LogP) is 6.34. The van der Waals surface area contributed by atoms with Crippen LogP contribution in [0.2, 0.25) is 5.04 Å². The standard InChI is InChI=1S/C30H33F4NO5SSi/c1-28(2,3)42-40-29(23-12-6-4-7-13-23,24-14-8-5-9-15-24)27(39-41(36,37)30(32,33)34)21-38-19-18-22(20-35)25-16-10-11-17-26(25)31/h4-17,22,27H,18-19,21,42H2,1-3H3. The first-order chi connectivity index (χ1) is 19.7. The van der Waals surface area contributed by atoms with Gasteiger partial charge in [-0.05, 0) is 28.7 Å². The van der Waals surface area contributed by atoms with E-state index in [4.69, 9.17) is 13.3 Å². The molecule has 0 amide bonds. The molecule has 0 saturated heterocycles. The normalized spacial score (nSPS) is 14.5. The number of hydrogen-bond donors (Lipinski definition) is 0. The van der Waals surface area contributed by atoms with Crippen molar-refractivity contribution in [2.45, 2.75) is 55.4 Å². The second-order valence-corrected chi connectivity index (χ2v) is 15.1. The van der Waals surface area contributed by atoms with Crippen molar-refractivity contribution in [3.05, 3.63) is 107 Å². The zero-order valence-corrected chi connectivity index (χ0v) is 25.7. The average molecular weight is 624 g/mol. The molecule has 3 rings (SSSR count). The van der Waals surface area contributed by atoms with Crippen LogP contribution in [-0.2, 0) is 29.1 Å². The lowest BCUT2D eigenvalue weighted by Crippen LogP contribution is -2.51. The molecule has 0 heterocycles. The van der Waals surface area contributed by atoms with Crippen LogP contribution in [0.3, 0.4) is 0 Å². The van der Waals surface area contributed by atoms with Crippen molar-refractivity contribution in [2.75, 3.05) is 13.2 Å². The first kappa shape index (κ1) is 33.4. The molecule has 0 N–H and O–H groups in total. The smallest absolute Gasteiger partial charge is 0.408 e. The van der Waals surface area contributed by atoms with Gasteiger partial charge < -0.3 is 9.16 Å². The van der Waals surface area contributed by atoms with Crippen LogP contribution in [-0.4, -0.2) is 43.0 Å². The quantitative estimate of drug-likeness (QED) is 0.0727. The molecule has 3 aromatic carbocycles. The third-order valence-electron chi connectivity index (χ3n) is 6.37. The second kappa shape index (κ2) is 13.9. The highest BCUT2D eigenvalue weighted by Gasteiger charge is 2.54. The van der Waals surface area contributed by atoms with E-state index in [0.717, 1.165) is 0 Å². The molecule has 0 aliphatic carbocycles. The van der Waals surface area contributed by atoms with Crippen molar-refractivity contribution in [3.63, 3.8) is 0 Å². The lowest BCUT2D eigenvalue weighted by Gasteiger charge is -2.42. The third-order valence-corrected chi connectivity index (χ3v) is 8.89. The van der Waals surface area contributed by atoms with Gasteiger partial charge in [0.05, 0.1) is 18.6 Å². The molecular weight excluding hydrogens is 590 g/mol. The summed E-state index contributed by atoms with van der Waals surface area (Å²) < 4.78 is 97.5. The first-order valence-corrected chi connectivity index (χ1v) is 15.9. The largest absolute Gasteiger partial charge is 0.523 e. The number of nitrogens with zero attached hydrogens (tertiary/aromatic N) is 1. The fourth-order valence-electron chi connectivity index (χ4n) is 4.36. The molecule has 0 aliphatic rings. The molecule has 2 atom stereocenters. The number of alkyl halides is 3. The number of hydrogen-bond acceptors (Lipinski definition) is 6. The van der Waals surface area contributed by atoms with Crippen LogP contribution in [0.15, 0.2) is 84.9 Å². The summed E-state index contributed by atoms with van der Waals surface area (Å²) in [6.45, 7) is 4.92. The Kier molecular flexibility index (Phi) is 11.1. The molecule has 6 nitrogen and oxygen atoms in total. The Morgan fingerprint density at radius 1 is 0.881 bits per heavy atom. The predicted molar refractivity (Wildman–Crippen MR) is 153 cm³/mol. The van der Waals surface area contributed by atoms with Crippen LogP contribution < -0.4 is 0 Å². The van der Waals surface area contributed by atoms with Gasteiger partial charge in [-0.25, -0.2) is 4.39 Å². The van der Waals surface area contributed by atoms with Crippen LogP contribution in [0, 0.1) is 17.1 Å². The maximum atomic E-state index is 14.3. The highest BCUT2D eigenvalue weighted by Crippen LogP contribution is 2.42. The molecule has 0 spiro atoms. The Balaban J connectivity index is 2.07. The van der Waals surface area contributed by atoms with E-state index in [2.05, 4.69) is 0 Å². The lowest BCUT2D eigenvalue weighted by atomic mass is 9.82. The molecule has 0 aromatic heterocycles. The Labute approximate surface area is 246 Å². The van der Waals surface area contributed by atoms with Gasteiger partial charge in [-0.2, -0.15) is 26.9 Å². The Hall–Kier alpha value is -3.08. The summed E-state index contributed by atoms with van der Waals surface area (Å²) in [6, 6.07) is 24.4. The molecule has 3 aromatic rings. The highest BCUT2D eigenvalue weighted by atomic mass is 32.2. The van der Waals surface area contributed by atoms with Gasteiger partial charge >= 0.3 is 15.6 Å². The maximum absolute atomic E-state index is 14.3. The number of rotatable bonds is 13. The van der Waals surface area contributed by atoms with Gasteiger partial charge in [-0.1, -0.05) is 99.6 Å². The maximum Gasteiger partial charge on any atom is 0.523 e. The number of ether oxygens (including phenoxy) is 1. The fraction of sp³-hybridized carbons (Fsp3) is 0.367. The van der Waals surface area contributed by atoms with E-state index >= 15 is 0 Å². The Bertz CT molecular complexity index is 1400. The van der Waals surface area contributed by atoms with Gasteiger partial charge in [0.15, 0.2) is 9.76 Å². The first-order valence-electron chi connectivity index (χ1n) is 13.2. The van der Waals surface area contributed by atoms with Gasteiger partial charge in [-0.15, -0.1) is 0 Å². The average Bonchev–Trinajstić information content (AvgIpc) is 2.93. The molecule has 226 valence electrons. The van der Waals surface area contributed by atoms with Crippen LogP contribution >= 0.6 is 0 Å². The van der Waals surface area contributed by atoms with Crippen LogP contribution in [0.1, 0.15) is 49.8 Å². The minimum Gasteiger partial charge on any atom is -0.408 e.